The molecule has 1 aromatic heterocycles. The van der Waals surface area contributed by atoms with Gasteiger partial charge in [-0.15, -0.1) is 0 Å². The molecule has 0 unspecified atom stereocenters. The number of carbonyl (C=O) groups excluding carboxylic acids is 1. The zero-order chi connectivity index (χ0) is 24.5. The SMILES string of the molecule is CCCCCCCOc1c(Cl)cc(C(=O)c2c(C)c(C#N)c(=O)n(CCCC)c2O)cc1Cl. The van der Waals surface area contributed by atoms with Crippen LogP contribution >= 0.6 is 23.2 Å². The summed E-state index contributed by atoms with van der Waals surface area (Å²) in [4.78, 5) is 25.9. The summed E-state index contributed by atoms with van der Waals surface area (Å²) in [5.74, 6) is -0.742. The van der Waals surface area contributed by atoms with Crippen LogP contribution in [0.5, 0.6) is 11.6 Å². The molecule has 1 heterocycles. The van der Waals surface area contributed by atoms with Gasteiger partial charge in [0.25, 0.3) is 5.56 Å². The topological polar surface area (TPSA) is 92.3 Å². The number of nitrogens with zero attached hydrogens (tertiary/aromatic N) is 2. The number of halogens is 2. The van der Waals surface area contributed by atoms with E-state index in [4.69, 9.17) is 27.9 Å². The number of carbonyl (C=O) groups is 1. The highest BCUT2D eigenvalue weighted by Gasteiger charge is 2.26. The van der Waals surface area contributed by atoms with Gasteiger partial charge in [-0.2, -0.15) is 5.26 Å². The van der Waals surface area contributed by atoms with Crippen LogP contribution in [0.1, 0.15) is 85.8 Å². The molecule has 0 aliphatic carbocycles. The molecule has 0 aliphatic heterocycles. The monoisotopic (exact) mass is 492 g/mol. The van der Waals surface area contributed by atoms with Gasteiger partial charge in [0.1, 0.15) is 11.6 Å². The van der Waals surface area contributed by atoms with Crippen LogP contribution in [0.15, 0.2) is 16.9 Å². The molecule has 178 valence electrons. The van der Waals surface area contributed by atoms with Crippen molar-refractivity contribution in [3.05, 3.63) is 54.8 Å². The van der Waals surface area contributed by atoms with Crippen molar-refractivity contribution in [1.29, 1.82) is 5.26 Å². The summed E-state index contributed by atoms with van der Waals surface area (Å²) in [5.41, 5.74) is -0.650. The number of aromatic nitrogens is 1. The van der Waals surface area contributed by atoms with Crippen molar-refractivity contribution < 1.29 is 14.6 Å². The van der Waals surface area contributed by atoms with E-state index in [2.05, 4.69) is 6.92 Å². The number of ketones is 1. The van der Waals surface area contributed by atoms with Crippen LogP contribution in [0.25, 0.3) is 0 Å². The summed E-state index contributed by atoms with van der Waals surface area (Å²) < 4.78 is 6.81. The summed E-state index contributed by atoms with van der Waals surface area (Å²) in [5, 5.41) is 20.6. The molecule has 0 saturated carbocycles. The molecule has 0 saturated heterocycles. The third kappa shape index (κ3) is 6.31. The van der Waals surface area contributed by atoms with Gasteiger partial charge in [0.2, 0.25) is 5.88 Å². The molecule has 0 radical (unpaired) electrons. The van der Waals surface area contributed by atoms with Gasteiger partial charge in [0.05, 0.1) is 22.2 Å². The van der Waals surface area contributed by atoms with Crippen molar-refractivity contribution in [3.8, 4) is 17.7 Å². The van der Waals surface area contributed by atoms with Crippen LogP contribution in [-0.2, 0) is 6.54 Å². The Hall–Kier alpha value is -2.49. The van der Waals surface area contributed by atoms with Crippen LogP contribution in [0.2, 0.25) is 10.0 Å². The van der Waals surface area contributed by atoms with Gasteiger partial charge in [-0.05, 0) is 37.5 Å². The molecule has 1 N–H and O–H groups in total. The van der Waals surface area contributed by atoms with E-state index in [-0.39, 0.29) is 38.8 Å². The number of pyridine rings is 1. The highest BCUT2D eigenvalue weighted by atomic mass is 35.5. The summed E-state index contributed by atoms with van der Waals surface area (Å²) in [6.07, 6.45) is 6.79. The number of nitriles is 1. The Balaban J connectivity index is 2.38. The Morgan fingerprint density at radius 3 is 2.27 bits per heavy atom. The smallest absolute Gasteiger partial charge is 0.271 e. The Bertz CT molecular complexity index is 1080. The molecule has 0 amide bonds. The number of ether oxygens (including phenoxy) is 1. The molecule has 0 atom stereocenters. The minimum Gasteiger partial charge on any atom is -0.494 e. The van der Waals surface area contributed by atoms with E-state index in [1.165, 1.54) is 25.5 Å². The zero-order valence-corrected chi connectivity index (χ0v) is 20.9. The molecule has 0 fully saturated rings. The molecular weight excluding hydrogens is 463 g/mol. The predicted molar refractivity (Wildman–Crippen MR) is 131 cm³/mol. The first-order valence-corrected chi connectivity index (χ1v) is 12.1. The van der Waals surface area contributed by atoms with E-state index < -0.39 is 17.2 Å². The Labute approximate surface area is 204 Å². The van der Waals surface area contributed by atoms with Crippen LogP contribution in [0.4, 0.5) is 0 Å². The van der Waals surface area contributed by atoms with Crippen LogP contribution in [-0.4, -0.2) is 22.1 Å². The minimum atomic E-state index is -0.615. The van der Waals surface area contributed by atoms with E-state index in [0.29, 0.717) is 18.8 Å². The lowest BCUT2D eigenvalue weighted by molar-refractivity contribution is 0.103. The number of aromatic hydroxyl groups is 1. The second kappa shape index (κ2) is 12.7. The molecule has 0 bridgehead atoms. The fourth-order valence-electron chi connectivity index (χ4n) is 3.60. The van der Waals surface area contributed by atoms with Gasteiger partial charge in [0, 0.05) is 12.1 Å². The summed E-state index contributed by atoms with van der Waals surface area (Å²) in [6.45, 7) is 6.22. The quantitative estimate of drug-likeness (QED) is 0.272. The molecular formula is C25H30Cl2N2O4. The van der Waals surface area contributed by atoms with Crippen molar-refractivity contribution in [2.24, 2.45) is 0 Å². The average molecular weight is 493 g/mol. The van der Waals surface area contributed by atoms with E-state index in [9.17, 15) is 20.0 Å². The van der Waals surface area contributed by atoms with E-state index in [1.807, 2.05) is 13.0 Å². The standard InChI is InChI=1S/C25H30Cl2N2O4/c1-4-6-8-9-10-12-33-23-19(26)13-17(14-20(23)27)22(30)21-16(3)18(15-28)24(31)29(25(21)32)11-7-5-2/h13-14,32H,4-12H2,1-3H3. The maximum atomic E-state index is 13.3. The maximum absolute atomic E-state index is 13.3. The third-order valence-electron chi connectivity index (χ3n) is 5.52. The summed E-state index contributed by atoms with van der Waals surface area (Å²) in [6, 6.07) is 4.71. The second-order valence-electron chi connectivity index (χ2n) is 7.98. The van der Waals surface area contributed by atoms with Gasteiger partial charge >= 0.3 is 0 Å². The van der Waals surface area contributed by atoms with Gasteiger partial charge in [0.15, 0.2) is 11.5 Å². The molecule has 2 rings (SSSR count). The fraction of sp³-hybridized carbons (Fsp3) is 0.480. The molecule has 8 heteroatoms. The number of unbranched alkanes of at least 4 members (excludes halogenated alkanes) is 5. The first-order chi connectivity index (χ1) is 15.8. The van der Waals surface area contributed by atoms with Crippen molar-refractivity contribution in [1.82, 2.24) is 4.57 Å². The lowest BCUT2D eigenvalue weighted by atomic mass is 9.97. The van der Waals surface area contributed by atoms with Crippen LogP contribution in [0.3, 0.4) is 0 Å². The lowest BCUT2D eigenvalue weighted by Crippen LogP contribution is -2.27. The summed E-state index contributed by atoms with van der Waals surface area (Å²) in [7, 11) is 0. The highest BCUT2D eigenvalue weighted by molar-refractivity contribution is 6.38. The molecule has 1 aromatic carbocycles. The minimum absolute atomic E-state index is 0.112. The number of hydrogen-bond acceptors (Lipinski definition) is 5. The molecule has 6 nitrogen and oxygen atoms in total. The largest absolute Gasteiger partial charge is 0.494 e. The summed E-state index contributed by atoms with van der Waals surface area (Å²) >= 11 is 12.7. The highest BCUT2D eigenvalue weighted by Crippen LogP contribution is 2.36. The first kappa shape index (κ1) is 26.8. The fourth-order valence-corrected chi connectivity index (χ4v) is 4.20. The lowest BCUT2D eigenvalue weighted by Gasteiger charge is -2.16. The molecule has 0 spiro atoms. The number of hydrogen-bond donors (Lipinski definition) is 1. The molecule has 2 aromatic rings. The predicted octanol–water partition coefficient (Wildman–Crippen LogP) is 6.42. The Kier molecular flexibility index (Phi) is 10.3. The average Bonchev–Trinajstić information content (AvgIpc) is 2.77. The number of benzene rings is 1. The van der Waals surface area contributed by atoms with Crippen molar-refractivity contribution in [2.75, 3.05) is 6.61 Å². The van der Waals surface area contributed by atoms with Crippen LogP contribution < -0.4 is 10.3 Å². The van der Waals surface area contributed by atoms with Gasteiger partial charge in [-0.1, -0.05) is 69.2 Å². The maximum Gasteiger partial charge on any atom is 0.271 e. The van der Waals surface area contributed by atoms with Gasteiger partial charge < -0.3 is 9.84 Å². The van der Waals surface area contributed by atoms with E-state index >= 15 is 0 Å². The van der Waals surface area contributed by atoms with E-state index in [0.717, 1.165) is 36.7 Å². The Morgan fingerprint density at radius 1 is 1.09 bits per heavy atom. The third-order valence-corrected chi connectivity index (χ3v) is 6.08. The molecule has 33 heavy (non-hydrogen) atoms. The first-order valence-electron chi connectivity index (χ1n) is 11.3. The van der Waals surface area contributed by atoms with Crippen molar-refractivity contribution >= 4 is 29.0 Å². The van der Waals surface area contributed by atoms with E-state index in [1.54, 1.807) is 0 Å². The van der Waals surface area contributed by atoms with Gasteiger partial charge in [-0.3, -0.25) is 14.2 Å². The molecule has 0 aliphatic rings. The zero-order valence-electron chi connectivity index (χ0n) is 19.3. The normalized spacial score (nSPS) is 10.8. The van der Waals surface area contributed by atoms with Crippen molar-refractivity contribution in [3.63, 3.8) is 0 Å². The van der Waals surface area contributed by atoms with Gasteiger partial charge in [-0.25, -0.2) is 0 Å². The number of rotatable bonds is 12. The second-order valence-corrected chi connectivity index (χ2v) is 8.80. The van der Waals surface area contributed by atoms with Crippen molar-refractivity contribution in [2.45, 2.75) is 72.3 Å². The van der Waals surface area contributed by atoms with Crippen LogP contribution in [0, 0.1) is 18.3 Å². The Morgan fingerprint density at radius 2 is 1.70 bits per heavy atom.